The first-order chi connectivity index (χ1) is 6.07. The molecule has 78 valence electrons. The molecule has 0 radical (unpaired) electrons. The highest BCUT2D eigenvalue weighted by molar-refractivity contribution is 5.79. The average Bonchev–Trinajstić information content (AvgIpc) is 2.04. The number of carbonyl (C=O) groups excluding carboxylic acids is 1. The van der Waals surface area contributed by atoms with Crippen LogP contribution in [0.4, 0.5) is 0 Å². The number of rotatable bonds is 7. The predicted octanol–water partition coefficient (Wildman–Crippen LogP) is -2.60. The largest absolute Gasteiger partial charge is 0.389 e. The lowest BCUT2D eigenvalue weighted by Crippen LogP contribution is -2.46. The summed E-state index contributed by atoms with van der Waals surface area (Å²) in [5.41, 5.74) is 10.2. The molecule has 2 unspecified atom stereocenters. The minimum absolute atomic E-state index is 0.249. The molecule has 6 nitrogen and oxygen atoms in total. The number of methoxy groups -OCH3 is 1. The van der Waals surface area contributed by atoms with Crippen molar-refractivity contribution >= 4 is 5.91 Å². The molecule has 1 amide bonds. The number of carbonyl (C=O) groups is 1. The number of aliphatic hydroxyl groups excluding tert-OH is 1. The minimum Gasteiger partial charge on any atom is -0.389 e. The number of hydrogen-bond acceptors (Lipinski definition) is 5. The molecule has 0 saturated carbocycles. The molecule has 0 aliphatic rings. The van der Waals surface area contributed by atoms with Crippen LogP contribution in [0, 0.1) is 0 Å². The molecule has 0 aromatic carbocycles. The molecule has 0 spiro atoms. The van der Waals surface area contributed by atoms with Gasteiger partial charge in [-0.1, -0.05) is 0 Å². The summed E-state index contributed by atoms with van der Waals surface area (Å²) < 4.78 is 4.70. The standard InChI is InChI=1S/C7H17N3O3/c1-13-4-5(11)2-10-3-6(8)7(9)12/h5-6,10-11H,2-4,8H2,1H3,(H2,9,12). The summed E-state index contributed by atoms with van der Waals surface area (Å²) in [6, 6.07) is -0.713. The van der Waals surface area contributed by atoms with Crippen molar-refractivity contribution in [1.82, 2.24) is 5.32 Å². The van der Waals surface area contributed by atoms with Gasteiger partial charge in [0.1, 0.15) is 0 Å². The third-order valence-electron chi connectivity index (χ3n) is 1.47. The first-order valence-electron chi connectivity index (χ1n) is 4.00. The predicted molar refractivity (Wildman–Crippen MR) is 47.9 cm³/mol. The van der Waals surface area contributed by atoms with E-state index in [9.17, 15) is 4.79 Å². The van der Waals surface area contributed by atoms with Gasteiger partial charge < -0.3 is 26.6 Å². The van der Waals surface area contributed by atoms with Crippen LogP contribution in [-0.4, -0.2) is 50.0 Å². The number of primary amides is 1. The quantitative estimate of drug-likeness (QED) is 0.352. The Kier molecular flexibility index (Phi) is 6.43. The van der Waals surface area contributed by atoms with E-state index in [1.807, 2.05) is 0 Å². The maximum Gasteiger partial charge on any atom is 0.235 e. The summed E-state index contributed by atoms with van der Waals surface area (Å²) in [4.78, 5) is 10.5. The van der Waals surface area contributed by atoms with Gasteiger partial charge in [-0.15, -0.1) is 0 Å². The highest BCUT2D eigenvalue weighted by Crippen LogP contribution is 1.81. The van der Waals surface area contributed by atoms with Crippen molar-refractivity contribution in [1.29, 1.82) is 0 Å². The molecule has 0 heterocycles. The summed E-state index contributed by atoms with van der Waals surface area (Å²) >= 11 is 0. The van der Waals surface area contributed by atoms with E-state index in [1.54, 1.807) is 0 Å². The normalized spacial score (nSPS) is 15.3. The number of nitrogens with two attached hydrogens (primary N) is 2. The van der Waals surface area contributed by atoms with E-state index >= 15 is 0 Å². The highest BCUT2D eigenvalue weighted by Gasteiger charge is 2.09. The van der Waals surface area contributed by atoms with Crippen LogP contribution in [0.1, 0.15) is 0 Å². The van der Waals surface area contributed by atoms with Crippen molar-refractivity contribution in [2.45, 2.75) is 12.1 Å². The van der Waals surface area contributed by atoms with Gasteiger partial charge in [-0.2, -0.15) is 0 Å². The molecule has 0 aromatic rings. The fourth-order valence-electron chi connectivity index (χ4n) is 0.757. The van der Waals surface area contributed by atoms with Crippen molar-refractivity contribution in [2.75, 3.05) is 26.8 Å². The molecule has 0 aromatic heterocycles. The molecule has 0 rings (SSSR count). The van der Waals surface area contributed by atoms with Gasteiger partial charge in [0, 0.05) is 20.2 Å². The van der Waals surface area contributed by atoms with E-state index < -0.39 is 18.1 Å². The highest BCUT2D eigenvalue weighted by atomic mass is 16.5. The second-order valence-corrected chi connectivity index (χ2v) is 2.78. The summed E-state index contributed by atoms with van der Waals surface area (Å²) in [5.74, 6) is -0.561. The summed E-state index contributed by atoms with van der Waals surface area (Å²) in [6.07, 6.45) is -0.593. The topological polar surface area (TPSA) is 111 Å². The number of aliphatic hydroxyl groups is 1. The van der Waals surface area contributed by atoms with Crippen molar-refractivity contribution < 1.29 is 14.6 Å². The Labute approximate surface area is 77.2 Å². The van der Waals surface area contributed by atoms with Crippen LogP contribution in [0.2, 0.25) is 0 Å². The van der Waals surface area contributed by atoms with Crippen molar-refractivity contribution in [2.24, 2.45) is 11.5 Å². The molecule has 0 aliphatic carbocycles. The number of ether oxygens (including phenoxy) is 1. The Hall–Kier alpha value is -0.690. The Morgan fingerprint density at radius 1 is 1.62 bits per heavy atom. The van der Waals surface area contributed by atoms with Crippen LogP contribution in [0.5, 0.6) is 0 Å². The zero-order valence-electron chi connectivity index (χ0n) is 7.69. The van der Waals surface area contributed by atoms with Gasteiger partial charge in [0.05, 0.1) is 18.8 Å². The van der Waals surface area contributed by atoms with Crippen LogP contribution >= 0.6 is 0 Å². The fourth-order valence-corrected chi connectivity index (χ4v) is 0.757. The molecule has 0 aliphatic heterocycles. The van der Waals surface area contributed by atoms with Crippen LogP contribution in [0.3, 0.4) is 0 Å². The maximum absolute atomic E-state index is 10.5. The van der Waals surface area contributed by atoms with E-state index in [0.717, 1.165) is 0 Å². The molecule has 6 heteroatoms. The fraction of sp³-hybridized carbons (Fsp3) is 0.857. The SMILES string of the molecule is COCC(O)CNCC(N)C(N)=O. The third kappa shape index (κ3) is 6.47. The molecule has 0 saturated heterocycles. The Morgan fingerprint density at radius 2 is 2.23 bits per heavy atom. The van der Waals surface area contributed by atoms with E-state index in [0.29, 0.717) is 6.54 Å². The molecular weight excluding hydrogens is 174 g/mol. The lowest BCUT2D eigenvalue weighted by atomic mass is 10.3. The van der Waals surface area contributed by atoms with Crippen LogP contribution in [0.25, 0.3) is 0 Å². The smallest absolute Gasteiger partial charge is 0.235 e. The van der Waals surface area contributed by atoms with Crippen molar-refractivity contribution in [3.63, 3.8) is 0 Å². The van der Waals surface area contributed by atoms with Gasteiger partial charge >= 0.3 is 0 Å². The summed E-state index contributed by atoms with van der Waals surface area (Å²) in [6.45, 7) is 0.837. The second-order valence-electron chi connectivity index (χ2n) is 2.78. The van der Waals surface area contributed by atoms with Crippen LogP contribution in [-0.2, 0) is 9.53 Å². The maximum atomic E-state index is 10.5. The third-order valence-corrected chi connectivity index (χ3v) is 1.47. The number of hydrogen-bond donors (Lipinski definition) is 4. The first kappa shape index (κ1) is 12.3. The zero-order chi connectivity index (χ0) is 10.3. The van der Waals surface area contributed by atoms with Gasteiger partial charge in [0.2, 0.25) is 5.91 Å². The van der Waals surface area contributed by atoms with Gasteiger partial charge in [-0.05, 0) is 0 Å². The van der Waals surface area contributed by atoms with Gasteiger partial charge in [0.25, 0.3) is 0 Å². The minimum atomic E-state index is -0.713. The monoisotopic (exact) mass is 191 g/mol. The second kappa shape index (κ2) is 6.79. The Morgan fingerprint density at radius 3 is 2.69 bits per heavy atom. The van der Waals surface area contributed by atoms with Crippen molar-refractivity contribution in [3.05, 3.63) is 0 Å². The first-order valence-corrected chi connectivity index (χ1v) is 4.00. The van der Waals surface area contributed by atoms with Gasteiger partial charge in [0.15, 0.2) is 0 Å². The molecule has 0 fully saturated rings. The molecule has 6 N–H and O–H groups in total. The van der Waals surface area contributed by atoms with E-state index in [-0.39, 0.29) is 13.2 Å². The number of amides is 1. The van der Waals surface area contributed by atoms with Gasteiger partial charge in [-0.3, -0.25) is 4.79 Å². The summed E-state index contributed by atoms with van der Waals surface area (Å²) in [7, 11) is 1.50. The molecule has 2 atom stereocenters. The number of nitrogens with one attached hydrogen (secondary N) is 1. The summed E-state index contributed by atoms with van der Waals surface area (Å²) in [5, 5.41) is 12.0. The van der Waals surface area contributed by atoms with E-state index in [1.165, 1.54) is 7.11 Å². The lowest BCUT2D eigenvalue weighted by Gasteiger charge is -2.12. The zero-order valence-corrected chi connectivity index (χ0v) is 7.69. The lowest BCUT2D eigenvalue weighted by molar-refractivity contribution is -0.119. The molecular formula is C7H17N3O3. The average molecular weight is 191 g/mol. The van der Waals surface area contributed by atoms with Crippen LogP contribution < -0.4 is 16.8 Å². The Balaban J connectivity index is 3.39. The van der Waals surface area contributed by atoms with E-state index in [4.69, 9.17) is 21.3 Å². The van der Waals surface area contributed by atoms with E-state index in [2.05, 4.69) is 5.32 Å². The molecule has 0 bridgehead atoms. The molecule has 13 heavy (non-hydrogen) atoms. The van der Waals surface area contributed by atoms with Gasteiger partial charge in [-0.25, -0.2) is 0 Å². The van der Waals surface area contributed by atoms with Crippen LogP contribution in [0.15, 0.2) is 0 Å². The Bertz CT molecular complexity index is 154. The van der Waals surface area contributed by atoms with Crippen molar-refractivity contribution in [3.8, 4) is 0 Å².